The van der Waals surface area contributed by atoms with E-state index >= 15 is 0 Å². The number of carboxylic acid groups (broad SMARTS) is 1. The summed E-state index contributed by atoms with van der Waals surface area (Å²) in [7, 11) is 1.38. The summed E-state index contributed by atoms with van der Waals surface area (Å²) in [5.41, 5.74) is 0.771. The normalized spacial score (nSPS) is 11.9. The topological polar surface area (TPSA) is 158 Å². The number of hydrogen-bond acceptors (Lipinski definition) is 8. The minimum absolute atomic E-state index is 0.123. The maximum atomic E-state index is 12.6. The van der Waals surface area contributed by atoms with Gasteiger partial charge in [-0.2, -0.15) is 0 Å². The van der Waals surface area contributed by atoms with Crippen molar-refractivity contribution < 1.29 is 34.1 Å². The van der Waals surface area contributed by atoms with Crippen LogP contribution in [0.5, 0.6) is 0 Å². The predicted molar refractivity (Wildman–Crippen MR) is 121 cm³/mol. The number of aromatic nitrogens is 1. The number of carboxylic acids is 1. The lowest BCUT2D eigenvalue weighted by molar-refractivity contribution is -0.143. The molecular formula is C21H26N4O7S. The number of aliphatic carboxylic acids is 1. The largest absolute Gasteiger partial charge is 0.480 e. The van der Waals surface area contributed by atoms with Gasteiger partial charge in [-0.15, -0.1) is 11.3 Å². The quantitative estimate of drug-likeness (QED) is 0.447. The lowest BCUT2D eigenvalue weighted by Gasteiger charge is -2.19. The van der Waals surface area contributed by atoms with E-state index < -0.39 is 48.7 Å². The number of hydrogen-bond donors (Lipinski definition) is 4. The fraction of sp³-hybridized carbons (Fsp3) is 0.381. The van der Waals surface area contributed by atoms with Gasteiger partial charge in [-0.05, 0) is 45.0 Å². The molecule has 1 aromatic heterocycles. The highest BCUT2D eigenvalue weighted by Gasteiger charge is 2.22. The number of nitrogens with one attached hydrogen (secondary N) is 2. The van der Waals surface area contributed by atoms with Crippen LogP contribution in [0, 0.1) is 0 Å². The number of nitrogens with zero attached hydrogens (tertiary/aromatic N) is 2. The third-order valence-corrected chi connectivity index (χ3v) is 4.94. The third kappa shape index (κ3) is 7.84. The number of amides is 3. The number of rotatable bonds is 8. The summed E-state index contributed by atoms with van der Waals surface area (Å²) in [6.45, 7) is 4.13. The van der Waals surface area contributed by atoms with Crippen molar-refractivity contribution in [1.29, 1.82) is 0 Å². The highest BCUT2D eigenvalue weighted by Crippen LogP contribution is 2.26. The van der Waals surface area contributed by atoms with Gasteiger partial charge in [-0.3, -0.25) is 14.9 Å². The third-order valence-electron chi connectivity index (χ3n) is 4.04. The summed E-state index contributed by atoms with van der Waals surface area (Å²) in [5.74, 6) is -2.63. The average molecular weight is 479 g/mol. The molecular weight excluding hydrogens is 452 g/mol. The second-order valence-electron chi connectivity index (χ2n) is 8.04. The monoisotopic (exact) mass is 478 g/mol. The van der Waals surface area contributed by atoms with Gasteiger partial charge in [0.05, 0.1) is 13.2 Å². The summed E-state index contributed by atoms with van der Waals surface area (Å²) in [6, 6.07) is 5.38. The van der Waals surface area contributed by atoms with E-state index in [1.807, 2.05) is 0 Å². The number of anilines is 1. The maximum absolute atomic E-state index is 12.6. The smallest absolute Gasteiger partial charge is 0.412 e. The molecule has 3 amide bonds. The second kappa shape index (κ2) is 10.9. The fourth-order valence-electron chi connectivity index (χ4n) is 2.53. The van der Waals surface area contributed by atoms with Crippen molar-refractivity contribution in [2.24, 2.45) is 0 Å². The number of aliphatic hydroxyl groups excluding tert-OH is 1. The van der Waals surface area contributed by atoms with Crippen molar-refractivity contribution in [2.45, 2.75) is 32.4 Å². The Hall–Kier alpha value is -3.51. The van der Waals surface area contributed by atoms with Crippen LogP contribution < -0.4 is 10.6 Å². The molecule has 0 saturated carbocycles. The summed E-state index contributed by atoms with van der Waals surface area (Å²) in [5, 5.41) is 24.7. The van der Waals surface area contributed by atoms with Crippen LogP contribution >= 0.6 is 11.3 Å². The molecule has 11 nitrogen and oxygen atoms in total. The molecule has 1 heterocycles. The van der Waals surface area contributed by atoms with E-state index in [-0.39, 0.29) is 5.69 Å². The zero-order valence-corrected chi connectivity index (χ0v) is 19.4. The molecule has 1 aromatic carbocycles. The highest BCUT2D eigenvalue weighted by molar-refractivity contribution is 7.13. The Morgan fingerprint density at radius 2 is 1.82 bits per heavy atom. The predicted octanol–water partition coefficient (Wildman–Crippen LogP) is 1.79. The van der Waals surface area contributed by atoms with Crippen LogP contribution in [0.25, 0.3) is 10.6 Å². The second-order valence-corrected chi connectivity index (χ2v) is 8.90. The number of carbonyl (C=O) groups excluding carboxylic acids is 3. The molecule has 4 N–H and O–H groups in total. The molecule has 178 valence electrons. The van der Waals surface area contributed by atoms with Crippen molar-refractivity contribution in [2.75, 3.05) is 25.5 Å². The van der Waals surface area contributed by atoms with E-state index in [1.165, 1.54) is 18.4 Å². The lowest BCUT2D eigenvalue weighted by Crippen LogP contribution is -2.47. The molecule has 12 heteroatoms. The SMILES string of the molecule is CN(CC(=O)N[C@@H](CO)C(=O)O)C(=O)c1csc(-c2ccc(NC(=O)OC(C)(C)C)cc2)n1. The Morgan fingerprint density at radius 1 is 1.18 bits per heavy atom. The van der Waals surface area contributed by atoms with Gasteiger partial charge in [0.2, 0.25) is 5.91 Å². The van der Waals surface area contributed by atoms with Gasteiger partial charge in [0, 0.05) is 23.7 Å². The molecule has 0 bridgehead atoms. The Kier molecular flexibility index (Phi) is 8.49. The van der Waals surface area contributed by atoms with E-state index in [4.69, 9.17) is 14.9 Å². The Labute approximate surface area is 194 Å². The summed E-state index contributed by atoms with van der Waals surface area (Å²) >= 11 is 1.23. The fourth-order valence-corrected chi connectivity index (χ4v) is 3.33. The standard InChI is InChI=1S/C21H26N4O7S/c1-21(2,3)32-20(31)22-13-7-5-12(6-8-13)17-24-15(11-33-17)18(28)25(4)9-16(27)23-14(10-26)19(29)30/h5-8,11,14,26H,9-10H2,1-4H3,(H,22,31)(H,23,27)(H,29,30)/t14-/m0/s1. The van der Waals surface area contributed by atoms with Gasteiger partial charge < -0.3 is 25.2 Å². The molecule has 0 fully saturated rings. The van der Waals surface area contributed by atoms with Crippen molar-refractivity contribution in [3.63, 3.8) is 0 Å². The minimum atomic E-state index is -1.44. The lowest BCUT2D eigenvalue weighted by atomic mass is 10.2. The molecule has 0 unspecified atom stereocenters. The number of ether oxygens (including phenoxy) is 1. The van der Waals surface area contributed by atoms with Gasteiger partial charge in [0.1, 0.15) is 22.3 Å². The van der Waals surface area contributed by atoms with E-state index in [1.54, 1.807) is 50.4 Å². The van der Waals surface area contributed by atoms with Gasteiger partial charge in [-0.25, -0.2) is 14.6 Å². The Morgan fingerprint density at radius 3 is 2.36 bits per heavy atom. The van der Waals surface area contributed by atoms with Gasteiger partial charge in [0.15, 0.2) is 0 Å². The van der Waals surface area contributed by atoms with Crippen LogP contribution in [0.2, 0.25) is 0 Å². The van der Waals surface area contributed by atoms with E-state index in [0.717, 1.165) is 10.5 Å². The van der Waals surface area contributed by atoms with Crippen molar-refractivity contribution in [3.05, 3.63) is 35.3 Å². The number of benzene rings is 1. The molecule has 0 radical (unpaired) electrons. The average Bonchev–Trinajstić information content (AvgIpc) is 3.20. The molecule has 0 spiro atoms. The number of carbonyl (C=O) groups is 4. The maximum Gasteiger partial charge on any atom is 0.412 e. The molecule has 0 saturated heterocycles. The molecule has 2 aromatic rings. The zero-order chi connectivity index (χ0) is 24.8. The van der Waals surface area contributed by atoms with Crippen LogP contribution in [0.4, 0.5) is 10.5 Å². The first-order chi connectivity index (χ1) is 15.4. The minimum Gasteiger partial charge on any atom is -0.480 e. The number of thiazole rings is 1. The Balaban J connectivity index is 1.99. The highest BCUT2D eigenvalue weighted by atomic mass is 32.1. The molecule has 0 aliphatic carbocycles. The van der Waals surface area contributed by atoms with Crippen LogP contribution in [0.1, 0.15) is 31.3 Å². The molecule has 0 aliphatic rings. The van der Waals surface area contributed by atoms with Crippen molar-refractivity contribution in [1.82, 2.24) is 15.2 Å². The molecule has 2 rings (SSSR count). The van der Waals surface area contributed by atoms with Gasteiger partial charge in [0.25, 0.3) is 5.91 Å². The number of aliphatic hydroxyl groups is 1. The van der Waals surface area contributed by atoms with Crippen LogP contribution in [0.15, 0.2) is 29.6 Å². The van der Waals surface area contributed by atoms with Gasteiger partial charge in [-0.1, -0.05) is 0 Å². The van der Waals surface area contributed by atoms with Crippen LogP contribution in [-0.4, -0.2) is 75.8 Å². The van der Waals surface area contributed by atoms with E-state index in [0.29, 0.717) is 10.7 Å². The first-order valence-electron chi connectivity index (χ1n) is 9.84. The first kappa shape index (κ1) is 25.7. The zero-order valence-electron chi connectivity index (χ0n) is 18.6. The van der Waals surface area contributed by atoms with Crippen molar-refractivity contribution >= 4 is 40.9 Å². The molecule has 1 atom stereocenters. The van der Waals surface area contributed by atoms with Gasteiger partial charge >= 0.3 is 12.1 Å². The van der Waals surface area contributed by atoms with E-state index in [2.05, 4.69) is 15.6 Å². The first-order valence-corrected chi connectivity index (χ1v) is 10.7. The summed E-state index contributed by atoms with van der Waals surface area (Å²) in [6.07, 6.45) is -0.571. The Bertz CT molecular complexity index is 1010. The molecule has 0 aliphatic heterocycles. The number of likely N-dealkylation sites (N-methyl/N-ethyl adjacent to an activating group) is 1. The van der Waals surface area contributed by atoms with Crippen LogP contribution in [0.3, 0.4) is 0 Å². The van der Waals surface area contributed by atoms with Crippen molar-refractivity contribution in [3.8, 4) is 10.6 Å². The molecule has 33 heavy (non-hydrogen) atoms. The summed E-state index contributed by atoms with van der Waals surface area (Å²) < 4.78 is 5.20. The van der Waals surface area contributed by atoms with Crippen LogP contribution in [-0.2, 0) is 14.3 Å². The summed E-state index contributed by atoms with van der Waals surface area (Å²) in [4.78, 5) is 52.6. The van der Waals surface area contributed by atoms with E-state index in [9.17, 15) is 19.2 Å².